The normalized spacial score (nSPS) is 11.5. The van der Waals surface area contributed by atoms with Crippen LogP contribution in [0, 0.1) is 31.4 Å². The Morgan fingerprint density at radius 3 is 1.49 bits per heavy atom. The SMILES string of the molecule is [C-]#[N+]c1ccccc1-c1ccc2c(c1)c1ccccc1n2-c1ccc(-c2ccc(C(F)(F)F)cc2C)cc1-c1ccc(C#N)cc1-n1c2ccccc2c2cc(-c3ccccc3[N+]#[C-])ccc21. The molecule has 5 nitrogen and oxygen atoms in total. The number of aryl methyl sites for hydroxylation is 1. The van der Waals surface area contributed by atoms with E-state index in [1.165, 1.54) is 12.1 Å². The van der Waals surface area contributed by atoms with E-state index in [9.17, 15) is 18.4 Å². The fraction of sp³-hybridized carbons (Fsp3) is 0.0339. The number of fused-ring (bicyclic) bond motifs is 6. The minimum absolute atomic E-state index is 0.452. The van der Waals surface area contributed by atoms with Crippen molar-refractivity contribution < 1.29 is 13.2 Å². The number of halogens is 3. The average Bonchev–Trinajstić information content (AvgIpc) is 3.87. The van der Waals surface area contributed by atoms with Gasteiger partial charge in [0.2, 0.25) is 0 Å². The van der Waals surface area contributed by atoms with E-state index in [4.69, 9.17) is 13.1 Å². The zero-order valence-corrected chi connectivity index (χ0v) is 35.8. The predicted octanol–water partition coefficient (Wildman–Crippen LogP) is 16.8. The zero-order chi connectivity index (χ0) is 46.0. The van der Waals surface area contributed by atoms with Crippen LogP contribution in [0.25, 0.3) is 109 Å². The van der Waals surface area contributed by atoms with Crippen LogP contribution in [0.2, 0.25) is 0 Å². The van der Waals surface area contributed by atoms with Crippen LogP contribution >= 0.6 is 0 Å². The van der Waals surface area contributed by atoms with Crippen molar-refractivity contribution in [3.8, 4) is 62.0 Å². The van der Waals surface area contributed by atoms with Crippen molar-refractivity contribution in [2.24, 2.45) is 0 Å². The van der Waals surface area contributed by atoms with Crippen LogP contribution in [0.15, 0.2) is 188 Å². The number of rotatable bonds is 6. The molecule has 0 N–H and O–H groups in total. The highest BCUT2D eigenvalue weighted by molar-refractivity contribution is 6.13. The summed E-state index contributed by atoms with van der Waals surface area (Å²) in [7, 11) is 0. The molecule has 0 aliphatic carbocycles. The molecule has 11 rings (SSSR count). The van der Waals surface area contributed by atoms with Crippen molar-refractivity contribution in [1.82, 2.24) is 9.13 Å². The van der Waals surface area contributed by atoms with E-state index in [0.29, 0.717) is 28.1 Å². The van der Waals surface area contributed by atoms with E-state index >= 15 is 0 Å². The Hall–Kier alpha value is -9.16. The van der Waals surface area contributed by atoms with Crippen LogP contribution < -0.4 is 0 Å². The third-order valence-electron chi connectivity index (χ3n) is 12.8. The molecule has 0 saturated carbocycles. The Morgan fingerprint density at radius 2 is 0.940 bits per heavy atom. The minimum Gasteiger partial charge on any atom is -0.309 e. The quantitative estimate of drug-likeness (QED) is 0.154. The second kappa shape index (κ2) is 15.8. The first kappa shape index (κ1) is 40.6. The van der Waals surface area contributed by atoms with Gasteiger partial charge in [-0.2, -0.15) is 18.4 Å². The first-order chi connectivity index (χ1) is 32.6. The van der Waals surface area contributed by atoms with E-state index in [2.05, 4.69) is 73.4 Å². The maximum atomic E-state index is 14.0. The molecule has 0 fully saturated rings. The second-order valence-corrected chi connectivity index (χ2v) is 16.5. The molecule has 8 heteroatoms. The molecular formula is C59H34F3N5. The summed E-state index contributed by atoms with van der Waals surface area (Å²) in [5.74, 6) is 0. The molecule has 9 aromatic carbocycles. The summed E-state index contributed by atoms with van der Waals surface area (Å²) in [4.78, 5) is 7.60. The third-order valence-corrected chi connectivity index (χ3v) is 12.8. The summed E-state index contributed by atoms with van der Waals surface area (Å²) in [6.07, 6.45) is -4.49. The number of alkyl halides is 3. The summed E-state index contributed by atoms with van der Waals surface area (Å²) in [6, 6.07) is 61.9. The molecule has 67 heavy (non-hydrogen) atoms. The van der Waals surface area contributed by atoms with Crippen LogP contribution in [0.3, 0.4) is 0 Å². The average molecular weight is 870 g/mol. The highest BCUT2D eigenvalue weighted by Gasteiger charge is 2.31. The van der Waals surface area contributed by atoms with E-state index in [0.717, 1.165) is 100.0 Å². The molecule has 0 aliphatic rings. The van der Waals surface area contributed by atoms with Gasteiger partial charge in [-0.25, -0.2) is 9.69 Å². The Balaban J connectivity index is 1.21. The van der Waals surface area contributed by atoms with Crippen molar-refractivity contribution in [1.29, 1.82) is 5.26 Å². The maximum Gasteiger partial charge on any atom is 0.416 e. The maximum absolute atomic E-state index is 14.0. The molecule has 316 valence electrons. The predicted molar refractivity (Wildman–Crippen MR) is 264 cm³/mol. The van der Waals surface area contributed by atoms with Crippen LogP contribution in [0.4, 0.5) is 24.5 Å². The molecule has 0 bridgehead atoms. The summed E-state index contributed by atoms with van der Waals surface area (Å²) in [5.41, 5.74) is 13.0. The Bertz CT molecular complexity index is 3980. The van der Waals surface area contributed by atoms with E-state index in [-0.39, 0.29) is 0 Å². The monoisotopic (exact) mass is 869 g/mol. The Morgan fingerprint density at radius 1 is 0.448 bits per heavy atom. The van der Waals surface area contributed by atoms with E-state index in [1.807, 2.05) is 115 Å². The lowest BCUT2D eigenvalue weighted by molar-refractivity contribution is -0.137. The number of para-hydroxylation sites is 4. The molecule has 2 heterocycles. The number of hydrogen-bond acceptors (Lipinski definition) is 1. The van der Waals surface area contributed by atoms with Crippen LogP contribution in [0.1, 0.15) is 16.7 Å². The van der Waals surface area contributed by atoms with Crippen LogP contribution in [-0.4, -0.2) is 9.13 Å². The van der Waals surface area contributed by atoms with E-state index in [1.54, 1.807) is 13.0 Å². The van der Waals surface area contributed by atoms with Gasteiger partial charge in [0, 0.05) is 32.7 Å². The highest BCUT2D eigenvalue weighted by atomic mass is 19.4. The first-order valence-corrected chi connectivity index (χ1v) is 21.5. The van der Waals surface area contributed by atoms with Crippen LogP contribution in [0.5, 0.6) is 0 Å². The second-order valence-electron chi connectivity index (χ2n) is 16.5. The fourth-order valence-corrected chi connectivity index (χ4v) is 9.72. The number of nitrogens with zero attached hydrogens (tertiary/aromatic N) is 5. The molecule has 0 spiro atoms. The van der Waals surface area contributed by atoms with Gasteiger partial charge in [-0.05, 0) is 119 Å². The van der Waals surface area contributed by atoms with Gasteiger partial charge >= 0.3 is 6.18 Å². The van der Waals surface area contributed by atoms with Crippen molar-refractivity contribution in [3.63, 3.8) is 0 Å². The van der Waals surface area contributed by atoms with Gasteiger partial charge in [0.15, 0.2) is 11.4 Å². The molecule has 0 amide bonds. The number of benzene rings is 9. The van der Waals surface area contributed by atoms with Crippen molar-refractivity contribution in [2.45, 2.75) is 13.1 Å². The standard InChI is InChI=1S/C59H34F3N5/c1-36-30-41(59(60,61)62)24-26-42(36)38-21-27-56(66-53-18-10-6-14-45(53)48-33-39(22-28-55(48)66)43-12-4-8-16-51(43)64-2)50(32-38)47-25-20-37(35-63)31-58(47)67-54-19-11-7-15-46(54)49-34-40(23-29-57(49)67)44-13-5-9-17-52(44)65-3/h4-34H,1H3. The van der Waals surface area contributed by atoms with Gasteiger partial charge in [0.05, 0.1) is 63.8 Å². The third kappa shape index (κ3) is 6.69. The van der Waals surface area contributed by atoms with Gasteiger partial charge in [-0.1, -0.05) is 115 Å². The van der Waals surface area contributed by atoms with Crippen molar-refractivity contribution in [3.05, 3.63) is 228 Å². The molecule has 0 aliphatic heterocycles. The molecule has 0 unspecified atom stereocenters. The van der Waals surface area contributed by atoms with Crippen LogP contribution in [-0.2, 0) is 6.18 Å². The molecule has 11 aromatic rings. The topological polar surface area (TPSA) is 42.4 Å². The lowest BCUT2D eigenvalue weighted by atomic mass is 9.92. The molecule has 0 radical (unpaired) electrons. The molecule has 0 atom stereocenters. The molecular weight excluding hydrogens is 836 g/mol. The minimum atomic E-state index is -4.49. The summed E-state index contributed by atoms with van der Waals surface area (Å²) in [5, 5.41) is 14.4. The highest BCUT2D eigenvalue weighted by Crippen LogP contribution is 2.45. The molecule has 2 aromatic heterocycles. The first-order valence-electron chi connectivity index (χ1n) is 21.5. The van der Waals surface area contributed by atoms with Crippen molar-refractivity contribution in [2.75, 3.05) is 0 Å². The van der Waals surface area contributed by atoms with E-state index < -0.39 is 11.7 Å². The summed E-state index contributed by atoms with van der Waals surface area (Å²) < 4.78 is 46.3. The smallest absolute Gasteiger partial charge is 0.309 e. The lowest BCUT2D eigenvalue weighted by Gasteiger charge is -2.20. The summed E-state index contributed by atoms with van der Waals surface area (Å²) in [6.45, 7) is 17.4. The largest absolute Gasteiger partial charge is 0.416 e. The van der Waals surface area contributed by atoms with Gasteiger partial charge in [-0.3, -0.25) is 0 Å². The Kier molecular flexibility index (Phi) is 9.59. The van der Waals surface area contributed by atoms with Gasteiger partial charge in [-0.15, -0.1) is 0 Å². The lowest BCUT2D eigenvalue weighted by Crippen LogP contribution is -2.05. The van der Waals surface area contributed by atoms with Gasteiger partial charge in [0.1, 0.15) is 0 Å². The Labute approximate surface area is 383 Å². The molecule has 0 saturated heterocycles. The number of nitriles is 1. The van der Waals surface area contributed by atoms with Crippen molar-refractivity contribution >= 4 is 55.0 Å². The summed E-state index contributed by atoms with van der Waals surface area (Å²) >= 11 is 0. The van der Waals surface area contributed by atoms with Gasteiger partial charge in [0.25, 0.3) is 0 Å². The zero-order valence-electron chi connectivity index (χ0n) is 35.8. The number of hydrogen-bond donors (Lipinski definition) is 0. The number of aromatic nitrogens is 2. The van der Waals surface area contributed by atoms with Gasteiger partial charge < -0.3 is 9.13 Å². The fourth-order valence-electron chi connectivity index (χ4n) is 9.72.